The molecule has 0 atom stereocenters. The molecule has 1 nitrogen and oxygen atoms in total. The lowest BCUT2D eigenvalue weighted by Crippen LogP contribution is -1.86. The van der Waals surface area contributed by atoms with Crippen LogP contribution in [0.5, 0.6) is 0 Å². The highest BCUT2D eigenvalue weighted by Gasteiger charge is 1.98. The highest BCUT2D eigenvalue weighted by Crippen LogP contribution is 2.20. The third-order valence-electron chi connectivity index (χ3n) is 2.68. The van der Waals surface area contributed by atoms with Crippen molar-refractivity contribution in [2.75, 3.05) is 6.67 Å². The van der Waals surface area contributed by atoms with Crippen molar-refractivity contribution in [3.63, 3.8) is 0 Å². The van der Waals surface area contributed by atoms with Crippen molar-refractivity contribution < 1.29 is 4.39 Å². The molecule has 0 aliphatic rings. The van der Waals surface area contributed by atoms with Crippen LogP contribution in [-0.2, 0) is 6.42 Å². The summed E-state index contributed by atoms with van der Waals surface area (Å²) in [6, 6.07) is 17.4. The Hall–Kier alpha value is -2.14. The molecule has 2 aromatic carbocycles. The van der Waals surface area contributed by atoms with Crippen molar-refractivity contribution in [3.05, 3.63) is 59.7 Å². The van der Waals surface area contributed by atoms with E-state index >= 15 is 0 Å². The molecule has 0 heterocycles. The number of rotatable bonds is 3. The van der Waals surface area contributed by atoms with Crippen molar-refractivity contribution in [1.29, 1.82) is 5.26 Å². The first-order valence-electron chi connectivity index (χ1n) is 5.49. The van der Waals surface area contributed by atoms with Gasteiger partial charge in [-0.15, -0.1) is 0 Å². The Labute approximate surface area is 100 Å². The molecule has 0 aliphatic heterocycles. The average Bonchev–Trinajstić information content (AvgIpc) is 2.40. The average molecular weight is 225 g/mol. The third kappa shape index (κ3) is 2.70. The molecule has 2 heteroatoms. The van der Waals surface area contributed by atoms with Gasteiger partial charge in [0.25, 0.3) is 0 Å². The zero-order valence-corrected chi connectivity index (χ0v) is 9.36. The first-order valence-corrected chi connectivity index (χ1v) is 5.49. The molecule has 0 amide bonds. The van der Waals surface area contributed by atoms with Crippen LogP contribution in [0.4, 0.5) is 4.39 Å². The summed E-state index contributed by atoms with van der Waals surface area (Å²) >= 11 is 0. The largest absolute Gasteiger partial charge is 0.251 e. The van der Waals surface area contributed by atoms with Gasteiger partial charge in [-0.2, -0.15) is 5.26 Å². The van der Waals surface area contributed by atoms with Crippen LogP contribution in [-0.4, -0.2) is 6.67 Å². The molecule has 84 valence electrons. The highest BCUT2D eigenvalue weighted by atomic mass is 19.1. The minimum absolute atomic E-state index is 0.323. The molecule has 0 saturated carbocycles. The van der Waals surface area contributed by atoms with E-state index in [9.17, 15) is 4.39 Å². The van der Waals surface area contributed by atoms with Gasteiger partial charge >= 0.3 is 0 Å². The summed E-state index contributed by atoms with van der Waals surface area (Å²) in [5, 5.41) is 8.71. The molecule has 2 aromatic rings. The molecule has 0 bridgehead atoms. The summed E-state index contributed by atoms with van der Waals surface area (Å²) in [6.07, 6.45) is 0.466. The minimum Gasteiger partial charge on any atom is -0.251 e. The van der Waals surface area contributed by atoms with E-state index in [0.717, 1.165) is 16.7 Å². The standard InChI is InChI=1S/C15H12FN/c16-10-9-12-1-5-14(6-2-12)15-7-3-13(11-17)4-8-15/h1-8H,9-10H2. The number of aryl methyl sites for hydroxylation is 1. The lowest BCUT2D eigenvalue weighted by atomic mass is 10.0. The van der Waals surface area contributed by atoms with Gasteiger partial charge in [-0.3, -0.25) is 4.39 Å². The van der Waals surface area contributed by atoms with Crippen molar-refractivity contribution in [1.82, 2.24) is 0 Å². The lowest BCUT2D eigenvalue weighted by Gasteiger charge is -2.03. The molecule has 17 heavy (non-hydrogen) atoms. The van der Waals surface area contributed by atoms with Crippen molar-refractivity contribution in [2.45, 2.75) is 6.42 Å². The maximum Gasteiger partial charge on any atom is 0.0991 e. The molecular formula is C15H12FN. The maximum atomic E-state index is 12.2. The predicted molar refractivity (Wildman–Crippen MR) is 66.3 cm³/mol. The van der Waals surface area contributed by atoms with Gasteiger partial charge < -0.3 is 0 Å². The van der Waals surface area contributed by atoms with E-state index in [1.54, 1.807) is 12.1 Å². The quantitative estimate of drug-likeness (QED) is 0.780. The van der Waals surface area contributed by atoms with E-state index < -0.39 is 0 Å². The molecule has 0 spiro atoms. The predicted octanol–water partition coefficient (Wildman–Crippen LogP) is 3.74. The fourth-order valence-corrected chi connectivity index (χ4v) is 1.71. The Morgan fingerprint density at radius 2 is 1.41 bits per heavy atom. The van der Waals surface area contributed by atoms with Crippen LogP contribution in [0.3, 0.4) is 0 Å². The SMILES string of the molecule is N#Cc1ccc(-c2ccc(CCF)cc2)cc1. The zero-order valence-electron chi connectivity index (χ0n) is 9.36. The summed E-state index contributed by atoms with van der Waals surface area (Å²) in [5.74, 6) is 0. The van der Waals surface area contributed by atoms with Crippen LogP contribution in [0.2, 0.25) is 0 Å². The van der Waals surface area contributed by atoms with Gasteiger partial charge in [0.05, 0.1) is 18.3 Å². The molecule has 2 rings (SSSR count). The highest BCUT2D eigenvalue weighted by molar-refractivity contribution is 5.64. The van der Waals surface area contributed by atoms with Gasteiger partial charge in [-0.25, -0.2) is 0 Å². The number of benzene rings is 2. The van der Waals surface area contributed by atoms with Crippen LogP contribution in [0.15, 0.2) is 48.5 Å². The molecule has 0 aromatic heterocycles. The summed E-state index contributed by atoms with van der Waals surface area (Å²) in [7, 11) is 0. The van der Waals surface area contributed by atoms with Gasteiger partial charge in [0.1, 0.15) is 0 Å². The van der Waals surface area contributed by atoms with E-state index in [1.165, 1.54) is 0 Å². The van der Waals surface area contributed by atoms with E-state index in [-0.39, 0.29) is 6.67 Å². The zero-order chi connectivity index (χ0) is 12.1. The van der Waals surface area contributed by atoms with Gasteiger partial charge in [-0.05, 0) is 28.8 Å². The molecule has 0 aliphatic carbocycles. The van der Waals surface area contributed by atoms with E-state index in [1.807, 2.05) is 36.4 Å². The Balaban J connectivity index is 2.24. The Kier molecular flexibility index (Phi) is 3.52. The molecule has 0 N–H and O–H groups in total. The van der Waals surface area contributed by atoms with E-state index in [2.05, 4.69) is 6.07 Å². The van der Waals surface area contributed by atoms with Crippen LogP contribution < -0.4 is 0 Å². The van der Waals surface area contributed by atoms with E-state index in [0.29, 0.717) is 12.0 Å². The Morgan fingerprint density at radius 3 is 1.88 bits per heavy atom. The van der Waals surface area contributed by atoms with Crippen molar-refractivity contribution >= 4 is 0 Å². The summed E-state index contributed by atoms with van der Waals surface area (Å²) in [5.41, 5.74) is 3.81. The summed E-state index contributed by atoms with van der Waals surface area (Å²) < 4.78 is 12.2. The topological polar surface area (TPSA) is 23.8 Å². The molecular weight excluding hydrogens is 213 g/mol. The minimum atomic E-state index is -0.323. The fourth-order valence-electron chi connectivity index (χ4n) is 1.71. The number of alkyl halides is 1. The van der Waals surface area contributed by atoms with Crippen LogP contribution in [0.1, 0.15) is 11.1 Å². The maximum absolute atomic E-state index is 12.2. The number of hydrogen-bond donors (Lipinski definition) is 0. The number of halogens is 1. The Bertz CT molecular complexity index is 520. The molecule has 0 radical (unpaired) electrons. The Morgan fingerprint density at radius 1 is 0.882 bits per heavy atom. The molecule has 0 fully saturated rings. The lowest BCUT2D eigenvalue weighted by molar-refractivity contribution is 0.495. The first-order chi connectivity index (χ1) is 8.33. The number of nitrogens with zero attached hydrogens (tertiary/aromatic N) is 1. The van der Waals surface area contributed by atoms with Gasteiger partial charge in [-0.1, -0.05) is 36.4 Å². The second-order valence-corrected chi connectivity index (χ2v) is 3.83. The van der Waals surface area contributed by atoms with Gasteiger partial charge in [0, 0.05) is 6.42 Å². The number of hydrogen-bond acceptors (Lipinski definition) is 1. The second-order valence-electron chi connectivity index (χ2n) is 3.83. The van der Waals surface area contributed by atoms with Gasteiger partial charge in [0.15, 0.2) is 0 Å². The van der Waals surface area contributed by atoms with Crippen LogP contribution >= 0.6 is 0 Å². The molecule has 0 saturated heterocycles. The van der Waals surface area contributed by atoms with Gasteiger partial charge in [0.2, 0.25) is 0 Å². The number of nitriles is 1. The molecule has 0 unspecified atom stereocenters. The van der Waals surface area contributed by atoms with Crippen LogP contribution in [0, 0.1) is 11.3 Å². The second kappa shape index (κ2) is 5.27. The van der Waals surface area contributed by atoms with Crippen LogP contribution in [0.25, 0.3) is 11.1 Å². The first kappa shape index (κ1) is 11.3. The van der Waals surface area contributed by atoms with Crippen molar-refractivity contribution in [2.24, 2.45) is 0 Å². The normalized spacial score (nSPS) is 9.88. The fraction of sp³-hybridized carbons (Fsp3) is 0.133. The van der Waals surface area contributed by atoms with Crippen molar-refractivity contribution in [3.8, 4) is 17.2 Å². The third-order valence-corrected chi connectivity index (χ3v) is 2.68. The smallest absolute Gasteiger partial charge is 0.0991 e. The van der Waals surface area contributed by atoms with E-state index in [4.69, 9.17) is 5.26 Å². The summed E-state index contributed by atoms with van der Waals surface area (Å²) in [6.45, 7) is -0.323. The monoisotopic (exact) mass is 225 g/mol. The summed E-state index contributed by atoms with van der Waals surface area (Å²) in [4.78, 5) is 0.